The highest BCUT2D eigenvalue weighted by molar-refractivity contribution is 5.85. The fraction of sp³-hybridized carbons (Fsp3) is 0.929. The molecule has 2 unspecified atom stereocenters. The van der Waals surface area contributed by atoms with Gasteiger partial charge in [0.15, 0.2) is 0 Å². The summed E-state index contributed by atoms with van der Waals surface area (Å²) in [5.74, 6) is 0.505. The average Bonchev–Trinajstić information content (AvgIpc) is 2.29. The Hall–Kier alpha value is -0.0700. The van der Waals surface area contributed by atoms with Crippen molar-refractivity contribution in [2.24, 2.45) is 11.7 Å². The highest BCUT2D eigenvalue weighted by atomic mass is 35.5. The first-order chi connectivity index (χ1) is 8.81. The van der Waals surface area contributed by atoms with E-state index in [0.717, 1.165) is 13.0 Å². The summed E-state index contributed by atoms with van der Waals surface area (Å²) in [6.07, 6.45) is 0.411. The van der Waals surface area contributed by atoms with E-state index in [4.69, 9.17) is 5.73 Å². The standard InChI is InChI=1S/C14H29N3O2.2ClH/c1-10(2)7-13(15)14(19)17-6-5-16(9-12(4)18)11(3)8-17;;/h10-13,18H,5-9,15H2,1-4H3;2*1H/t11?,12?,13-;;/m0../s1. The average molecular weight is 344 g/mol. The number of piperazine rings is 1. The molecule has 1 rings (SSSR count). The number of hydrogen-bond acceptors (Lipinski definition) is 4. The van der Waals surface area contributed by atoms with Gasteiger partial charge in [-0.3, -0.25) is 9.69 Å². The minimum Gasteiger partial charge on any atom is -0.392 e. The summed E-state index contributed by atoms with van der Waals surface area (Å²) < 4.78 is 0. The van der Waals surface area contributed by atoms with Crippen LogP contribution in [0.15, 0.2) is 0 Å². The first-order valence-electron chi connectivity index (χ1n) is 7.27. The summed E-state index contributed by atoms with van der Waals surface area (Å²) in [4.78, 5) is 16.3. The summed E-state index contributed by atoms with van der Waals surface area (Å²) in [7, 11) is 0. The molecule has 1 fully saturated rings. The van der Waals surface area contributed by atoms with E-state index in [-0.39, 0.29) is 48.9 Å². The molecule has 0 radical (unpaired) electrons. The normalized spacial score (nSPS) is 22.2. The number of carbonyl (C=O) groups is 1. The number of aliphatic hydroxyl groups is 1. The van der Waals surface area contributed by atoms with Crippen molar-refractivity contribution in [3.8, 4) is 0 Å². The molecule has 0 aromatic heterocycles. The number of carbonyl (C=O) groups excluding carboxylic acids is 1. The van der Waals surface area contributed by atoms with Crippen LogP contribution in [0.5, 0.6) is 0 Å². The van der Waals surface area contributed by atoms with Gasteiger partial charge in [0.1, 0.15) is 0 Å². The molecule has 1 saturated heterocycles. The molecular formula is C14H31Cl2N3O2. The maximum Gasteiger partial charge on any atom is 0.239 e. The Morgan fingerprint density at radius 3 is 2.29 bits per heavy atom. The number of hydrogen-bond donors (Lipinski definition) is 2. The molecule has 128 valence electrons. The van der Waals surface area contributed by atoms with Crippen LogP contribution in [-0.4, -0.2) is 65.2 Å². The van der Waals surface area contributed by atoms with E-state index in [1.165, 1.54) is 0 Å². The Morgan fingerprint density at radius 1 is 1.29 bits per heavy atom. The Kier molecular flexibility index (Phi) is 11.7. The van der Waals surface area contributed by atoms with Gasteiger partial charge in [-0.05, 0) is 26.2 Å². The molecule has 1 aliphatic heterocycles. The van der Waals surface area contributed by atoms with Crippen molar-refractivity contribution >= 4 is 30.7 Å². The van der Waals surface area contributed by atoms with Crippen molar-refractivity contribution in [2.75, 3.05) is 26.2 Å². The van der Waals surface area contributed by atoms with Crippen LogP contribution in [0, 0.1) is 5.92 Å². The lowest BCUT2D eigenvalue weighted by Crippen LogP contribution is -2.57. The third kappa shape index (κ3) is 7.66. The molecule has 0 saturated carbocycles. The zero-order valence-electron chi connectivity index (χ0n) is 13.5. The predicted molar refractivity (Wildman–Crippen MR) is 91.2 cm³/mol. The predicted octanol–water partition coefficient (Wildman–Crippen LogP) is 1.12. The van der Waals surface area contributed by atoms with Crippen LogP contribution in [0.1, 0.15) is 34.1 Å². The van der Waals surface area contributed by atoms with Crippen LogP contribution in [0.4, 0.5) is 0 Å². The van der Waals surface area contributed by atoms with Crippen molar-refractivity contribution in [2.45, 2.75) is 52.3 Å². The highest BCUT2D eigenvalue weighted by Gasteiger charge is 2.29. The molecule has 0 spiro atoms. The van der Waals surface area contributed by atoms with Gasteiger partial charge >= 0.3 is 0 Å². The number of halogens is 2. The lowest BCUT2D eigenvalue weighted by Gasteiger charge is -2.41. The van der Waals surface area contributed by atoms with E-state index in [2.05, 4.69) is 25.7 Å². The lowest BCUT2D eigenvalue weighted by molar-refractivity contribution is -0.136. The molecule has 1 amide bonds. The largest absolute Gasteiger partial charge is 0.392 e. The lowest BCUT2D eigenvalue weighted by atomic mass is 10.0. The Morgan fingerprint density at radius 2 is 1.86 bits per heavy atom. The van der Waals surface area contributed by atoms with Crippen molar-refractivity contribution in [1.29, 1.82) is 0 Å². The van der Waals surface area contributed by atoms with Gasteiger partial charge in [0, 0.05) is 32.2 Å². The maximum absolute atomic E-state index is 12.2. The molecule has 0 aromatic carbocycles. The summed E-state index contributed by atoms with van der Waals surface area (Å²) in [6.45, 7) is 10.9. The number of aliphatic hydroxyl groups excluding tert-OH is 1. The van der Waals surface area contributed by atoms with Gasteiger partial charge in [-0.25, -0.2) is 0 Å². The first-order valence-corrected chi connectivity index (χ1v) is 7.27. The molecule has 1 aliphatic rings. The fourth-order valence-electron chi connectivity index (χ4n) is 2.65. The Labute approximate surface area is 141 Å². The van der Waals surface area contributed by atoms with Gasteiger partial charge < -0.3 is 15.7 Å². The molecule has 7 heteroatoms. The second kappa shape index (κ2) is 10.6. The second-order valence-corrected chi connectivity index (χ2v) is 6.21. The van der Waals surface area contributed by atoms with Gasteiger partial charge in [-0.1, -0.05) is 13.8 Å². The van der Waals surface area contributed by atoms with E-state index in [1.807, 2.05) is 4.90 Å². The van der Waals surface area contributed by atoms with Crippen molar-refractivity contribution in [1.82, 2.24) is 9.80 Å². The Balaban J connectivity index is 0. The summed E-state index contributed by atoms with van der Waals surface area (Å²) >= 11 is 0. The molecule has 0 aromatic rings. The van der Waals surface area contributed by atoms with E-state index >= 15 is 0 Å². The zero-order chi connectivity index (χ0) is 14.6. The highest BCUT2D eigenvalue weighted by Crippen LogP contribution is 2.13. The van der Waals surface area contributed by atoms with Gasteiger partial charge in [-0.2, -0.15) is 0 Å². The minimum absolute atomic E-state index is 0. The quantitative estimate of drug-likeness (QED) is 0.784. The molecule has 21 heavy (non-hydrogen) atoms. The van der Waals surface area contributed by atoms with E-state index in [0.29, 0.717) is 25.6 Å². The molecule has 0 bridgehead atoms. The van der Waals surface area contributed by atoms with E-state index < -0.39 is 0 Å². The van der Waals surface area contributed by atoms with Gasteiger partial charge in [0.2, 0.25) is 5.91 Å². The molecule has 1 heterocycles. The van der Waals surface area contributed by atoms with Crippen molar-refractivity contribution < 1.29 is 9.90 Å². The topological polar surface area (TPSA) is 69.8 Å². The van der Waals surface area contributed by atoms with Gasteiger partial charge in [0.25, 0.3) is 0 Å². The SMILES string of the molecule is CC(C)C[C@H](N)C(=O)N1CCN(CC(C)O)C(C)C1.Cl.Cl. The van der Waals surface area contributed by atoms with Crippen molar-refractivity contribution in [3.05, 3.63) is 0 Å². The fourth-order valence-corrected chi connectivity index (χ4v) is 2.65. The first kappa shape index (κ1) is 23.2. The maximum atomic E-state index is 12.2. The van der Waals surface area contributed by atoms with Crippen LogP contribution >= 0.6 is 24.8 Å². The monoisotopic (exact) mass is 343 g/mol. The number of amides is 1. The van der Waals surface area contributed by atoms with Crippen LogP contribution in [0.3, 0.4) is 0 Å². The minimum atomic E-state index is -0.379. The van der Waals surface area contributed by atoms with E-state index in [9.17, 15) is 9.90 Å². The van der Waals surface area contributed by atoms with Crippen LogP contribution in [0.25, 0.3) is 0 Å². The zero-order valence-corrected chi connectivity index (χ0v) is 15.1. The van der Waals surface area contributed by atoms with Crippen LogP contribution < -0.4 is 5.73 Å². The van der Waals surface area contributed by atoms with E-state index in [1.54, 1.807) is 6.92 Å². The number of β-amino-alcohol motifs (C(OH)–C–C–N with tert-alkyl or cyclic N) is 1. The summed E-state index contributed by atoms with van der Waals surface area (Å²) in [6, 6.07) is -0.103. The smallest absolute Gasteiger partial charge is 0.239 e. The molecular weight excluding hydrogens is 313 g/mol. The number of rotatable bonds is 5. The van der Waals surface area contributed by atoms with Gasteiger partial charge in [0.05, 0.1) is 12.1 Å². The number of nitrogens with two attached hydrogens (primary N) is 1. The second-order valence-electron chi connectivity index (χ2n) is 6.21. The van der Waals surface area contributed by atoms with Crippen LogP contribution in [-0.2, 0) is 4.79 Å². The van der Waals surface area contributed by atoms with Crippen LogP contribution in [0.2, 0.25) is 0 Å². The number of nitrogens with zero attached hydrogens (tertiary/aromatic N) is 2. The third-order valence-corrected chi connectivity index (χ3v) is 3.62. The molecule has 5 nitrogen and oxygen atoms in total. The Bertz CT molecular complexity index is 304. The molecule has 3 N–H and O–H groups in total. The third-order valence-electron chi connectivity index (χ3n) is 3.62. The summed E-state index contributed by atoms with van der Waals surface area (Å²) in [5, 5.41) is 9.44. The molecule has 0 aliphatic carbocycles. The van der Waals surface area contributed by atoms with Crippen molar-refractivity contribution in [3.63, 3.8) is 0 Å². The summed E-state index contributed by atoms with van der Waals surface area (Å²) in [5.41, 5.74) is 5.97. The van der Waals surface area contributed by atoms with Gasteiger partial charge in [-0.15, -0.1) is 24.8 Å². The molecule has 3 atom stereocenters.